The number of carbonyl (C=O) groups is 1. The summed E-state index contributed by atoms with van der Waals surface area (Å²) in [4.78, 5) is 11.8. The molecule has 0 aliphatic rings. The van der Waals surface area contributed by atoms with E-state index in [-0.39, 0.29) is 24.5 Å². The molecule has 110 valence electrons. The average Bonchev–Trinajstić information content (AvgIpc) is 2.46. The molecule has 0 aromatic heterocycles. The molecule has 0 atom stereocenters. The molecule has 21 heavy (non-hydrogen) atoms. The molecule has 0 spiro atoms. The van der Waals surface area contributed by atoms with Gasteiger partial charge in [0.05, 0.1) is 12.1 Å². The zero-order chi connectivity index (χ0) is 15.2. The molecule has 2 aromatic carbocycles. The Morgan fingerprint density at radius 3 is 2.71 bits per heavy atom. The van der Waals surface area contributed by atoms with Crippen molar-refractivity contribution in [3.63, 3.8) is 0 Å². The van der Waals surface area contributed by atoms with Crippen LogP contribution in [0.1, 0.15) is 10.4 Å². The summed E-state index contributed by atoms with van der Waals surface area (Å²) in [5, 5.41) is 21.5. The van der Waals surface area contributed by atoms with Crippen molar-refractivity contribution >= 4 is 11.6 Å². The molecule has 0 bridgehead atoms. The minimum atomic E-state index is -0.487. The van der Waals surface area contributed by atoms with Crippen LogP contribution in [0.15, 0.2) is 42.5 Å². The SMILES string of the molecule is Nc1cccc(OCCNC(=O)c2cccc(O)c2O)c1. The molecule has 1 amide bonds. The second-order valence-electron chi connectivity index (χ2n) is 4.35. The van der Waals surface area contributed by atoms with E-state index >= 15 is 0 Å². The van der Waals surface area contributed by atoms with Gasteiger partial charge in [-0.05, 0) is 24.3 Å². The number of phenolic OH excluding ortho intramolecular Hbond substituents is 2. The van der Waals surface area contributed by atoms with Crippen molar-refractivity contribution in [3.05, 3.63) is 48.0 Å². The topological polar surface area (TPSA) is 105 Å². The summed E-state index contributed by atoms with van der Waals surface area (Å²) in [7, 11) is 0. The first-order chi connectivity index (χ1) is 10.1. The normalized spacial score (nSPS) is 10.1. The lowest BCUT2D eigenvalue weighted by Gasteiger charge is -2.09. The van der Waals surface area contributed by atoms with Crippen LogP contribution in [-0.2, 0) is 0 Å². The van der Waals surface area contributed by atoms with Crippen molar-refractivity contribution in [2.75, 3.05) is 18.9 Å². The fourth-order valence-electron chi connectivity index (χ4n) is 1.75. The van der Waals surface area contributed by atoms with Gasteiger partial charge in [0.1, 0.15) is 12.4 Å². The number of benzene rings is 2. The summed E-state index contributed by atoms with van der Waals surface area (Å²) in [6, 6.07) is 11.2. The summed E-state index contributed by atoms with van der Waals surface area (Å²) in [6.07, 6.45) is 0. The number of anilines is 1. The maximum atomic E-state index is 11.8. The first kappa shape index (κ1) is 14.5. The largest absolute Gasteiger partial charge is 0.504 e. The number of carbonyl (C=O) groups excluding carboxylic acids is 1. The van der Waals surface area contributed by atoms with Gasteiger partial charge < -0.3 is 26.0 Å². The van der Waals surface area contributed by atoms with E-state index in [4.69, 9.17) is 10.5 Å². The minimum Gasteiger partial charge on any atom is -0.504 e. The van der Waals surface area contributed by atoms with E-state index in [1.54, 1.807) is 24.3 Å². The highest BCUT2D eigenvalue weighted by Gasteiger charge is 2.13. The Morgan fingerprint density at radius 2 is 1.95 bits per heavy atom. The van der Waals surface area contributed by atoms with E-state index in [0.717, 1.165) is 0 Å². The predicted molar refractivity (Wildman–Crippen MR) is 78.5 cm³/mol. The molecule has 0 aliphatic carbocycles. The number of rotatable bonds is 5. The number of nitrogen functional groups attached to an aromatic ring is 1. The monoisotopic (exact) mass is 288 g/mol. The first-order valence-corrected chi connectivity index (χ1v) is 6.35. The summed E-state index contributed by atoms with van der Waals surface area (Å²) < 4.78 is 5.42. The lowest BCUT2D eigenvalue weighted by atomic mass is 10.1. The molecule has 0 saturated heterocycles. The quantitative estimate of drug-likeness (QED) is 0.379. The Hall–Kier alpha value is -2.89. The minimum absolute atomic E-state index is 0.0129. The van der Waals surface area contributed by atoms with Crippen LogP contribution in [0, 0.1) is 0 Å². The van der Waals surface area contributed by atoms with E-state index in [1.807, 2.05) is 0 Å². The maximum absolute atomic E-state index is 11.8. The predicted octanol–water partition coefficient (Wildman–Crippen LogP) is 1.49. The smallest absolute Gasteiger partial charge is 0.255 e. The van der Waals surface area contributed by atoms with Crippen molar-refractivity contribution in [3.8, 4) is 17.2 Å². The number of para-hydroxylation sites is 1. The third kappa shape index (κ3) is 3.79. The van der Waals surface area contributed by atoms with Gasteiger partial charge in [0.15, 0.2) is 11.5 Å². The van der Waals surface area contributed by atoms with E-state index in [2.05, 4.69) is 5.32 Å². The number of ether oxygens (including phenoxy) is 1. The fraction of sp³-hybridized carbons (Fsp3) is 0.133. The van der Waals surface area contributed by atoms with Gasteiger partial charge in [0.25, 0.3) is 5.91 Å². The van der Waals surface area contributed by atoms with E-state index in [0.29, 0.717) is 11.4 Å². The highest BCUT2D eigenvalue weighted by molar-refractivity contribution is 5.97. The van der Waals surface area contributed by atoms with Crippen LogP contribution in [-0.4, -0.2) is 29.3 Å². The van der Waals surface area contributed by atoms with Gasteiger partial charge >= 0.3 is 0 Å². The molecule has 2 rings (SSSR count). The summed E-state index contributed by atoms with van der Waals surface area (Å²) in [6.45, 7) is 0.511. The summed E-state index contributed by atoms with van der Waals surface area (Å²) in [5.41, 5.74) is 6.23. The zero-order valence-corrected chi connectivity index (χ0v) is 11.2. The van der Waals surface area contributed by atoms with Crippen LogP contribution in [0.5, 0.6) is 17.2 Å². The molecule has 0 heterocycles. The molecule has 0 saturated carbocycles. The third-order valence-corrected chi connectivity index (χ3v) is 2.77. The number of nitrogens with one attached hydrogen (secondary N) is 1. The van der Waals surface area contributed by atoms with E-state index in [9.17, 15) is 15.0 Å². The van der Waals surface area contributed by atoms with Gasteiger partial charge in [-0.15, -0.1) is 0 Å². The van der Waals surface area contributed by atoms with Gasteiger partial charge in [0, 0.05) is 11.8 Å². The van der Waals surface area contributed by atoms with Gasteiger partial charge in [-0.3, -0.25) is 4.79 Å². The zero-order valence-electron chi connectivity index (χ0n) is 11.2. The summed E-state index contributed by atoms with van der Waals surface area (Å²) >= 11 is 0. The highest BCUT2D eigenvalue weighted by Crippen LogP contribution is 2.27. The molecule has 0 unspecified atom stereocenters. The molecule has 0 aliphatic heterocycles. The lowest BCUT2D eigenvalue weighted by Crippen LogP contribution is -2.28. The van der Waals surface area contributed by atoms with Gasteiger partial charge in [0.2, 0.25) is 0 Å². The molecule has 6 nitrogen and oxygen atoms in total. The Bertz CT molecular complexity index is 643. The van der Waals surface area contributed by atoms with Crippen LogP contribution in [0.2, 0.25) is 0 Å². The molecule has 2 aromatic rings. The van der Waals surface area contributed by atoms with Gasteiger partial charge in [-0.25, -0.2) is 0 Å². The van der Waals surface area contributed by atoms with Crippen LogP contribution >= 0.6 is 0 Å². The van der Waals surface area contributed by atoms with Crippen molar-refractivity contribution < 1.29 is 19.7 Å². The number of amides is 1. The number of aromatic hydroxyl groups is 2. The number of hydrogen-bond acceptors (Lipinski definition) is 5. The van der Waals surface area contributed by atoms with Gasteiger partial charge in [-0.1, -0.05) is 12.1 Å². The maximum Gasteiger partial charge on any atom is 0.255 e. The number of nitrogens with two attached hydrogens (primary N) is 1. The molecule has 0 radical (unpaired) electrons. The van der Waals surface area contributed by atoms with Crippen molar-refractivity contribution in [2.24, 2.45) is 0 Å². The van der Waals surface area contributed by atoms with E-state index in [1.165, 1.54) is 18.2 Å². The number of phenols is 2. The van der Waals surface area contributed by atoms with Crippen LogP contribution in [0.3, 0.4) is 0 Å². The highest BCUT2D eigenvalue weighted by atomic mass is 16.5. The van der Waals surface area contributed by atoms with Crippen molar-refractivity contribution in [2.45, 2.75) is 0 Å². The average molecular weight is 288 g/mol. The van der Waals surface area contributed by atoms with Crippen LogP contribution in [0.25, 0.3) is 0 Å². The van der Waals surface area contributed by atoms with E-state index < -0.39 is 11.7 Å². The van der Waals surface area contributed by atoms with Crippen LogP contribution in [0.4, 0.5) is 5.69 Å². The first-order valence-electron chi connectivity index (χ1n) is 6.35. The van der Waals surface area contributed by atoms with Crippen molar-refractivity contribution in [1.29, 1.82) is 0 Å². The lowest BCUT2D eigenvalue weighted by molar-refractivity contribution is 0.0943. The van der Waals surface area contributed by atoms with Crippen molar-refractivity contribution in [1.82, 2.24) is 5.32 Å². The second kappa shape index (κ2) is 6.51. The fourth-order valence-corrected chi connectivity index (χ4v) is 1.75. The molecular formula is C15H16N2O4. The Labute approximate surface area is 121 Å². The van der Waals surface area contributed by atoms with Gasteiger partial charge in [-0.2, -0.15) is 0 Å². The molecule has 6 heteroatoms. The second-order valence-corrected chi connectivity index (χ2v) is 4.35. The Balaban J connectivity index is 1.83. The Kier molecular flexibility index (Phi) is 4.50. The standard InChI is InChI=1S/C15H16N2O4/c16-10-3-1-4-11(9-10)21-8-7-17-15(20)12-5-2-6-13(18)14(12)19/h1-6,9,18-19H,7-8,16H2,(H,17,20). The summed E-state index contributed by atoms with van der Waals surface area (Å²) in [5.74, 6) is -0.644. The molecular weight excluding hydrogens is 272 g/mol. The Morgan fingerprint density at radius 1 is 1.19 bits per heavy atom. The van der Waals surface area contributed by atoms with Crippen LogP contribution < -0.4 is 15.8 Å². The molecule has 5 N–H and O–H groups in total. The third-order valence-electron chi connectivity index (χ3n) is 2.77. The molecule has 0 fully saturated rings. The number of hydrogen-bond donors (Lipinski definition) is 4.